The summed E-state index contributed by atoms with van der Waals surface area (Å²) < 4.78 is 1.96. The summed E-state index contributed by atoms with van der Waals surface area (Å²) in [5, 5.41) is 12.6. The highest BCUT2D eigenvalue weighted by Gasteiger charge is 2.11. The van der Waals surface area contributed by atoms with E-state index in [1.165, 1.54) is 0 Å². The molecule has 1 N–H and O–H groups in total. The summed E-state index contributed by atoms with van der Waals surface area (Å²) in [6.45, 7) is 1.93. The Bertz CT molecular complexity index is 927. The normalized spacial score (nSPS) is 11.1. The Labute approximate surface area is 121 Å². The van der Waals surface area contributed by atoms with Crippen LogP contribution in [-0.2, 0) is 0 Å². The quantitative estimate of drug-likeness (QED) is 0.609. The van der Waals surface area contributed by atoms with Gasteiger partial charge in [-0.3, -0.25) is 4.40 Å². The molecule has 0 atom stereocenters. The van der Waals surface area contributed by atoms with Gasteiger partial charge in [0, 0.05) is 11.1 Å². The van der Waals surface area contributed by atoms with Gasteiger partial charge in [-0.15, -0.1) is 10.2 Å². The zero-order valence-corrected chi connectivity index (χ0v) is 11.5. The second kappa shape index (κ2) is 4.56. The maximum absolute atomic E-state index is 4.60. The first-order chi connectivity index (χ1) is 10.3. The van der Waals surface area contributed by atoms with Crippen molar-refractivity contribution in [3.05, 3.63) is 60.4 Å². The summed E-state index contributed by atoms with van der Waals surface area (Å²) in [6, 6.07) is 18.1. The largest absolute Gasteiger partial charge is 0.340 e. The van der Waals surface area contributed by atoms with Crippen molar-refractivity contribution < 1.29 is 0 Å². The molecule has 4 rings (SSSR count). The van der Waals surface area contributed by atoms with E-state index in [1.807, 2.05) is 59.9 Å². The predicted molar refractivity (Wildman–Crippen MR) is 82.7 cm³/mol. The van der Waals surface area contributed by atoms with E-state index >= 15 is 0 Å². The zero-order chi connectivity index (χ0) is 14.2. The van der Waals surface area contributed by atoms with Gasteiger partial charge in [0.05, 0.1) is 5.52 Å². The average Bonchev–Trinajstić information content (AvgIpc) is 2.90. The van der Waals surface area contributed by atoms with Crippen molar-refractivity contribution in [1.82, 2.24) is 19.6 Å². The molecule has 5 heteroatoms. The van der Waals surface area contributed by atoms with Gasteiger partial charge < -0.3 is 5.32 Å². The first-order valence-corrected chi connectivity index (χ1v) is 6.75. The number of rotatable bonds is 2. The number of hydrogen-bond donors (Lipinski definition) is 1. The summed E-state index contributed by atoms with van der Waals surface area (Å²) in [6.07, 6.45) is 0. The third kappa shape index (κ3) is 1.90. The summed E-state index contributed by atoms with van der Waals surface area (Å²) in [5.74, 6) is 2.22. The van der Waals surface area contributed by atoms with E-state index in [-0.39, 0.29) is 0 Å². The lowest BCUT2D eigenvalue weighted by molar-refractivity contribution is 1.02. The number of nitrogens with one attached hydrogen (secondary N) is 1. The molecule has 5 nitrogen and oxygen atoms in total. The van der Waals surface area contributed by atoms with Crippen LogP contribution in [0.3, 0.4) is 0 Å². The number of benzene rings is 2. The molecular formula is C16H13N5. The SMILES string of the molecule is Cc1nnc2nc(Nc3ccccc3)c3ccccc3n12. The number of aromatic nitrogens is 4. The standard InChI is InChI=1S/C16H13N5/c1-11-19-20-16-18-15(17-12-7-3-2-4-8-12)13-9-5-6-10-14(13)21(11)16/h2-10H,1H3,(H,17,18,20). The molecule has 0 aliphatic rings. The van der Waals surface area contributed by atoms with Crippen molar-refractivity contribution in [3.8, 4) is 0 Å². The molecule has 102 valence electrons. The fourth-order valence-electron chi connectivity index (χ4n) is 2.49. The highest BCUT2D eigenvalue weighted by atomic mass is 15.3. The molecule has 0 radical (unpaired) electrons. The van der Waals surface area contributed by atoms with Crippen LogP contribution in [-0.4, -0.2) is 19.6 Å². The summed E-state index contributed by atoms with van der Waals surface area (Å²) in [4.78, 5) is 4.60. The van der Waals surface area contributed by atoms with E-state index in [1.54, 1.807) is 0 Å². The van der Waals surface area contributed by atoms with Crippen LogP contribution in [0.15, 0.2) is 54.6 Å². The molecule has 0 spiro atoms. The van der Waals surface area contributed by atoms with Gasteiger partial charge in [0.15, 0.2) is 0 Å². The second-order valence-electron chi connectivity index (χ2n) is 4.85. The monoisotopic (exact) mass is 275 g/mol. The van der Waals surface area contributed by atoms with Gasteiger partial charge in [0.2, 0.25) is 0 Å². The van der Waals surface area contributed by atoms with Crippen LogP contribution in [0, 0.1) is 6.92 Å². The number of hydrogen-bond acceptors (Lipinski definition) is 4. The van der Waals surface area contributed by atoms with E-state index in [9.17, 15) is 0 Å². The molecule has 2 aromatic heterocycles. The molecule has 0 aliphatic carbocycles. The summed E-state index contributed by atoms with van der Waals surface area (Å²) in [7, 11) is 0. The van der Waals surface area contributed by atoms with Gasteiger partial charge in [-0.1, -0.05) is 30.3 Å². The van der Waals surface area contributed by atoms with E-state index in [2.05, 4.69) is 26.6 Å². The lowest BCUT2D eigenvalue weighted by atomic mass is 10.2. The number of fused-ring (bicyclic) bond motifs is 3. The lowest BCUT2D eigenvalue weighted by Gasteiger charge is -2.10. The number of aryl methyl sites for hydroxylation is 1. The van der Waals surface area contributed by atoms with Crippen LogP contribution in [0.5, 0.6) is 0 Å². The van der Waals surface area contributed by atoms with Gasteiger partial charge in [0.25, 0.3) is 5.78 Å². The topological polar surface area (TPSA) is 55.1 Å². The highest BCUT2D eigenvalue weighted by molar-refractivity contribution is 5.92. The minimum atomic E-state index is 0.602. The first-order valence-electron chi connectivity index (χ1n) is 6.75. The lowest BCUT2D eigenvalue weighted by Crippen LogP contribution is -2.00. The van der Waals surface area contributed by atoms with Crippen molar-refractivity contribution in [3.63, 3.8) is 0 Å². The fourth-order valence-corrected chi connectivity index (χ4v) is 2.49. The Morgan fingerprint density at radius 1 is 0.905 bits per heavy atom. The molecule has 0 amide bonds. The molecule has 2 aromatic carbocycles. The van der Waals surface area contributed by atoms with Crippen molar-refractivity contribution in [2.24, 2.45) is 0 Å². The van der Waals surface area contributed by atoms with Gasteiger partial charge in [-0.2, -0.15) is 4.98 Å². The number of nitrogens with zero attached hydrogens (tertiary/aromatic N) is 4. The van der Waals surface area contributed by atoms with E-state index in [4.69, 9.17) is 0 Å². The van der Waals surface area contributed by atoms with Gasteiger partial charge in [-0.25, -0.2) is 0 Å². The van der Waals surface area contributed by atoms with Crippen LogP contribution in [0.2, 0.25) is 0 Å². The van der Waals surface area contributed by atoms with Gasteiger partial charge in [-0.05, 0) is 31.2 Å². The summed E-state index contributed by atoms with van der Waals surface area (Å²) >= 11 is 0. The molecule has 4 aromatic rings. The highest BCUT2D eigenvalue weighted by Crippen LogP contribution is 2.25. The zero-order valence-electron chi connectivity index (χ0n) is 11.5. The Morgan fingerprint density at radius 2 is 1.67 bits per heavy atom. The molecule has 21 heavy (non-hydrogen) atoms. The van der Waals surface area contributed by atoms with Crippen LogP contribution in [0.25, 0.3) is 16.7 Å². The molecule has 0 bridgehead atoms. The molecule has 0 aliphatic heterocycles. The van der Waals surface area contributed by atoms with E-state index < -0.39 is 0 Å². The second-order valence-corrected chi connectivity index (χ2v) is 4.85. The minimum absolute atomic E-state index is 0.602. The molecule has 0 saturated carbocycles. The smallest absolute Gasteiger partial charge is 0.257 e. The molecule has 0 fully saturated rings. The van der Waals surface area contributed by atoms with E-state index in [0.29, 0.717) is 5.78 Å². The molecule has 0 unspecified atom stereocenters. The Kier molecular flexibility index (Phi) is 2.57. The van der Waals surface area contributed by atoms with Crippen LogP contribution in [0.4, 0.5) is 11.5 Å². The Balaban J connectivity index is 1.99. The fraction of sp³-hybridized carbons (Fsp3) is 0.0625. The molecule has 2 heterocycles. The summed E-state index contributed by atoms with van der Waals surface area (Å²) in [5.41, 5.74) is 2.04. The average molecular weight is 275 g/mol. The van der Waals surface area contributed by atoms with Crippen LogP contribution >= 0.6 is 0 Å². The third-order valence-electron chi connectivity index (χ3n) is 3.46. The van der Waals surface area contributed by atoms with Crippen molar-refractivity contribution in [2.75, 3.05) is 5.32 Å². The van der Waals surface area contributed by atoms with Gasteiger partial charge >= 0.3 is 0 Å². The molecule has 0 saturated heterocycles. The Morgan fingerprint density at radius 3 is 2.52 bits per heavy atom. The van der Waals surface area contributed by atoms with Crippen molar-refractivity contribution in [1.29, 1.82) is 0 Å². The maximum Gasteiger partial charge on any atom is 0.257 e. The van der Waals surface area contributed by atoms with Crippen LogP contribution < -0.4 is 5.32 Å². The van der Waals surface area contributed by atoms with Crippen molar-refractivity contribution >= 4 is 28.2 Å². The van der Waals surface area contributed by atoms with Crippen molar-refractivity contribution in [2.45, 2.75) is 6.92 Å². The first kappa shape index (κ1) is 11.8. The minimum Gasteiger partial charge on any atom is -0.340 e. The molecular weight excluding hydrogens is 262 g/mol. The maximum atomic E-state index is 4.60. The number of para-hydroxylation sites is 2. The Hall–Kier alpha value is -2.95. The van der Waals surface area contributed by atoms with Gasteiger partial charge in [0.1, 0.15) is 11.6 Å². The van der Waals surface area contributed by atoms with Crippen LogP contribution in [0.1, 0.15) is 5.82 Å². The van der Waals surface area contributed by atoms with E-state index in [0.717, 1.165) is 28.2 Å². The number of anilines is 2. The predicted octanol–water partition coefficient (Wildman–Crippen LogP) is 3.33. The third-order valence-corrected chi connectivity index (χ3v) is 3.46.